The molecule has 2 aromatic rings. The van der Waals surface area contributed by atoms with E-state index < -0.39 is 5.76 Å². The molecule has 0 atom stereocenters. The highest BCUT2D eigenvalue weighted by Gasteiger charge is 2.03. The first-order valence-corrected chi connectivity index (χ1v) is 3.55. The van der Waals surface area contributed by atoms with Gasteiger partial charge in [0.15, 0.2) is 5.58 Å². The van der Waals surface area contributed by atoms with E-state index in [-0.39, 0.29) is 0 Å². The van der Waals surface area contributed by atoms with Gasteiger partial charge >= 0.3 is 5.76 Å². The molecule has 0 aliphatic rings. The van der Waals surface area contributed by atoms with Crippen LogP contribution >= 0.6 is 0 Å². The number of hydrogen-bond acceptors (Lipinski definition) is 2. The van der Waals surface area contributed by atoms with Crippen molar-refractivity contribution in [2.45, 2.75) is 0 Å². The summed E-state index contributed by atoms with van der Waals surface area (Å²) >= 11 is 0. The summed E-state index contributed by atoms with van der Waals surface area (Å²) in [6.07, 6.45) is 1.44. The lowest BCUT2D eigenvalue weighted by atomic mass is 10.3. The van der Waals surface area contributed by atoms with Crippen LogP contribution in [0, 0.1) is 0 Å². The summed E-state index contributed by atoms with van der Waals surface area (Å²) in [7, 11) is 0. The zero-order valence-corrected chi connectivity index (χ0v) is 6.36. The predicted octanol–water partition coefficient (Wildman–Crippen LogP) is 1.69. The quantitative estimate of drug-likeness (QED) is 0.638. The maximum atomic E-state index is 11.1. The van der Waals surface area contributed by atoms with Crippen molar-refractivity contribution < 1.29 is 4.42 Å². The Morgan fingerprint density at radius 2 is 2.17 bits per heavy atom. The molecule has 1 aromatic heterocycles. The van der Waals surface area contributed by atoms with Gasteiger partial charge in [-0.15, -0.1) is 0 Å². The van der Waals surface area contributed by atoms with Crippen molar-refractivity contribution in [3.8, 4) is 0 Å². The zero-order valence-electron chi connectivity index (χ0n) is 6.36. The lowest BCUT2D eigenvalue weighted by Crippen LogP contribution is -2.06. The highest BCUT2D eigenvalue weighted by molar-refractivity contribution is 5.74. The molecule has 1 aromatic carbocycles. The Balaban J connectivity index is 3.00. The second-order valence-corrected chi connectivity index (χ2v) is 2.39. The number of oxazole rings is 1. The van der Waals surface area contributed by atoms with Gasteiger partial charge in [0, 0.05) is 6.20 Å². The Hall–Kier alpha value is -1.77. The Labute approximate surface area is 68.5 Å². The van der Waals surface area contributed by atoms with Crippen molar-refractivity contribution in [3.05, 3.63) is 41.4 Å². The molecular formula is C9H7NO2. The Morgan fingerprint density at radius 3 is 2.92 bits per heavy atom. The van der Waals surface area contributed by atoms with Gasteiger partial charge in [-0.25, -0.2) is 9.36 Å². The number of fused-ring (bicyclic) bond motifs is 1. The summed E-state index contributed by atoms with van der Waals surface area (Å²) in [6.45, 7) is 3.52. The highest BCUT2D eigenvalue weighted by Crippen LogP contribution is 2.10. The second-order valence-electron chi connectivity index (χ2n) is 2.39. The molecule has 0 fully saturated rings. The molecule has 0 aliphatic carbocycles. The third-order valence-corrected chi connectivity index (χ3v) is 1.70. The van der Waals surface area contributed by atoms with E-state index in [1.54, 1.807) is 6.07 Å². The van der Waals surface area contributed by atoms with Crippen LogP contribution in [0.2, 0.25) is 0 Å². The van der Waals surface area contributed by atoms with Crippen LogP contribution in [-0.4, -0.2) is 4.57 Å². The maximum absolute atomic E-state index is 11.1. The van der Waals surface area contributed by atoms with Gasteiger partial charge in [-0.05, 0) is 12.1 Å². The molecule has 0 radical (unpaired) electrons. The molecule has 0 amide bonds. The molecule has 0 saturated carbocycles. The van der Waals surface area contributed by atoms with E-state index in [0.717, 1.165) is 5.52 Å². The van der Waals surface area contributed by atoms with Crippen LogP contribution in [0.25, 0.3) is 17.3 Å². The molecule has 12 heavy (non-hydrogen) atoms. The molecule has 0 saturated heterocycles. The van der Waals surface area contributed by atoms with Crippen molar-refractivity contribution >= 4 is 17.3 Å². The molecule has 0 unspecified atom stereocenters. The monoisotopic (exact) mass is 161 g/mol. The first-order chi connectivity index (χ1) is 5.83. The largest absolute Gasteiger partial charge is 0.424 e. The average molecular weight is 161 g/mol. The standard InChI is InChI=1S/C9H7NO2/c1-2-10-7-5-3-4-6-8(7)12-9(10)11/h2-6H,1H2. The zero-order chi connectivity index (χ0) is 8.55. The van der Waals surface area contributed by atoms with Crippen LogP contribution < -0.4 is 5.76 Å². The van der Waals surface area contributed by atoms with E-state index in [1.807, 2.05) is 18.2 Å². The minimum atomic E-state index is -0.397. The highest BCUT2D eigenvalue weighted by atomic mass is 16.4. The van der Waals surface area contributed by atoms with E-state index >= 15 is 0 Å². The van der Waals surface area contributed by atoms with E-state index in [0.29, 0.717) is 5.58 Å². The summed E-state index contributed by atoms with van der Waals surface area (Å²) in [5, 5.41) is 0. The average Bonchev–Trinajstić information content (AvgIpc) is 2.40. The molecule has 0 aliphatic heterocycles. The summed E-state index contributed by atoms with van der Waals surface area (Å²) in [5.74, 6) is -0.397. The number of hydrogen-bond donors (Lipinski definition) is 0. The van der Waals surface area contributed by atoms with Gasteiger partial charge < -0.3 is 4.42 Å². The fourth-order valence-corrected chi connectivity index (χ4v) is 1.16. The van der Waals surface area contributed by atoms with Crippen LogP contribution in [0.1, 0.15) is 0 Å². The minimum absolute atomic E-state index is 0.397. The molecule has 1 heterocycles. The van der Waals surface area contributed by atoms with Crippen LogP contribution in [0.15, 0.2) is 40.1 Å². The van der Waals surface area contributed by atoms with Gasteiger partial charge in [-0.1, -0.05) is 18.7 Å². The van der Waals surface area contributed by atoms with Crippen LogP contribution in [0.5, 0.6) is 0 Å². The summed E-state index contributed by atoms with van der Waals surface area (Å²) < 4.78 is 6.30. The molecule has 3 nitrogen and oxygen atoms in total. The van der Waals surface area contributed by atoms with Crippen LogP contribution in [0.3, 0.4) is 0 Å². The normalized spacial score (nSPS) is 10.3. The summed E-state index contributed by atoms with van der Waals surface area (Å²) in [6, 6.07) is 7.22. The van der Waals surface area contributed by atoms with Crippen molar-refractivity contribution in [3.63, 3.8) is 0 Å². The molecule has 0 spiro atoms. The Kier molecular flexibility index (Phi) is 1.37. The smallest absolute Gasteiger partial charge is 0.407 e. The Morgan fingerprint density at radius 1 is 1.42 bits per heavy atom. The third-order valence-electron chi connectivity index (χ3n) is 1.70. The van der Waals surface area contributed by atoms with Gasteiger partial charge in [0.2, 0.25) is 0 Å². The lowest BCUT2D eigenvalue weighted by molar-refractivity contribution is 0.544. The number of rotatable bonds is 1. The van der Waals surface area contributed by atoms with Gasteiger partial charge in [0.1, 0.15) is 0 Å². The fraction of sp³-hybridized carbons (Fsp3) is 0. The fourth-order valence-electron chi connectivity index (χ4n) is 1.16. The summed E-state index contributed by atoms with van der Waals surface area (Å²) in [4.78, 5) is 11.1. The Bertz CT molecular complexity index is 478. The summed E-state index contributed by atoms with van der Waals surface area (Å²) in [5.41, 5.74) is 1.33. The van der Waals surface area contributed by atoms with Gasteiger partial charge in [-0.2, -0.15) is 0 Å². The molecule has 3 heteroatoms. The second kappa shape index (κ2) is 2.37. The van der Waals surface area contributed by atoms with E-state index in [1.165, 1.54) is 10.8 Å². The van der Waals surface area contributed by atoms with Crippen molar-refractivity contribution in [2.75, 3.05) is 0 Å². The first kappa shape index (κ1) is 6.91. The van der Waals surface area contributed by atoms with E-state index in [2.05, 4.69) is 6.58 Å². The number of benzene rings is 1. The van der Waals surface area contributed by atoms with E-state index in [4.69, 9.17) is 4.42 Å². The van der Waals surface area contributed by atoms with Gasteiger partial charge in [-0.3, -0.25) is 0 Å². The van der Waals surface area contributed by atoms with Crippen molar-refractivity contribution in [2.24, 2.45) is 0 Å². The van der Waals surface area contributed by atoms with E-state index in [9.17, 15) is 4.79 Å². The molecule has 2 rings (SSSR count). The van der Waals surface area contributed by atoms with Crippen LogP contribution in [-0.2, 0) is 0 Å². The van der Waals surface area contributed by atoms with Crippen molar-refractivity contribution in [1.29, 1.82) is 0 Å². The topological polar surface area (TPSA) is 35.1 Å². The molecule has 60 valence electrons. The number of aromatic nitrogens is 1. The number of para-hydroxylation sites is 2. The van der Waals surface area contributed by atoms with Gasteiger partial charge in [0.25, 0.3) is 0 Å². The van der Waals surface area contributed by atoms with Crippen LogP contribution in [0.4, 0.5) is 0 Å². The third kappa shape index (κ3) is 0.797. The van der Waals surface area contributed by atoms with Crippen molar-refractivity contribution in [1.82, 2.24) is 4.57 Å². The first-order valence-electron chi connectivity index (χ1n) is 3.55. The number of nitrogens with zero attached hydrogens (tertiary/aromatic N) is 1. The van der Waals surface area contributed by atoms with Gasteiger partial charge in [0.05, 0.1) is 5.52 Å². The molecular weight excluding hydrogens is 154 g/mol. The minimum Gasteiger partial charge on any atom is -0.407 e. The molecule has 0 N–H and O–H groups in total. The predicted molar refractivity (Wildman–Crippen MR) is 46.9 cm³/mol. The maximum Gasteiger partial charge on any atom is 0.424 e. The lowest BCUT2D eigenvalue weighted by Gasteiger charge is -1.88. The molecule has 0 bridgehead atoms. The SMILES string of the molecule is C=Cn1c(=O)oc2ccccc21.